The van der Waals surface area contributed by atoms with Gasteiger partial charge in [0.15, 0.2) is 0 Å². The van der Waals surface area contributed by atoms with Crippen molar-refractivity contribution in [1.82, 2.24) is 0 Å². The minimum absolute atomic E-state index is 0.0259. The van der Waals surface area contributed by atoms with Crippen molar-refractivity contribution in [2.45, 2.75) is 57.9 Å². The van der Waals surface area contributed by atoms with Crippen molar-refractivity contribution < 1.29 is 9.53 Å². The Morgan fingerprint density at radius 1 is 1.50 bits per heavy atom. The average Bonchev–Trinajstić information content (AvgIpc) is 2.01. The van der Waals surface area contributed by atoms with Crippen LogP contribution in [-0.2, 0) is 4.74 Å². The molecule has 1 rings (SSSR count). The van der Waals surface area contributed by atoms with E-state index in [-0.39, 0.29) is 24.2 Å². The lowest BCUT2D eigenvalue weighted by atomic mass is 9.40. The van der Waals surface area contributed by atoms with Gasteiger partial charge in [-0.3, -0.25) is 4.79 Å². The SMILES string of the molecule is CC(C)(C)OC(=O)B1CCC[C@@H](N)C1. The van der Waals surface area contributed by atoms with Gasteiger partial charge in [0, 0.05) is 0 Å². The molecule has 0 unspecified atom stereocenters. The molecule has 0 spiro atoms. The van der Waals surface area contributed by atoms with Crippen LogP contribution < -0.4 is 5.73 Å². The largest absolute Gasteiger partial charge is 0.468 e. The molecule has 0 saturated carbocycles. The van der Waals surface area contributed by atoms with Gasteiger partial charge in [-0.1, -0.05) is 12.7 Å². The maximum Gasteiger partial charge on any atom is 0.279 e. The van der Waals surface area contributed by atoms with Crippen molar-refractivity contribution in [3.63, 3.8) is 0 Å². The summed E-state index contributed by atoms with van der Waals surface area (Å²) in [6.45, 7) is 5.72. The molecule has 4 heteroatoms. The highest BCUT2D eigenvalue weighted by molar-refractivity contribution is 6.88. The standard InChI is InChI=1S/C10H20BNO2/c1-10(2,3)14-9(13)11-6-4-5-8(12)7-11/h8H,4-7,12H2,1-3H3/t8-/m1/s1. The zero-order chi connectivity index (χ0) is 10.8. The Labute approximate surface area is 86.5 Å². The summed E-state index contributed by atoms with van der Waals surface area (Å²) < 4.78 is 5.33. The van der Waals surface area contributed by atoms with Crippen molar-refractivity contribution in [2.24, 2.45) is 5.73 Å². The Kier molecular flexibility index (Phi) is 3.59. The second kappa shape index (κ2) is 4.34. The van der Waals surface area contributed by atoms with E-state index in [0.29, 0.717) is 0 Å². The molecule has 1 aliphatic heterocycles. The highest BCUT2D eigenvalue weighted by atomic mass is 16.5. The number of carbonyl (C=O) groups is 1. The number of carbonyl (C=O) groups excluding carboxylic acids is 1. The zero-order valence-electron chi connectivity index (χ0n) is 9.38. The number of ether oxygens (including phenoxy) is 1. The van der Waals surface area contributed by atoms with Crippen LogP contribution in [0, 0.1) is 0 Å². The van der Waals surface area contributed by atoms with Gasteiger partial charge >= 0.3 is 0 Å². The minimum atomic E-state index is -0.376. The van der Waals surface area contributed by atoms with E-state index in [4.69, 9.17) is 10.5 Å². The third-order valence-electron chi connectivity index (χ3n) is 2.45. The lowest BCUT2D eigenvalue weighted by Crippen LogP contribution is -2.40. The average molecular weight is 197 g/mol. The Hall–Kier alpha value is -0.505. The van der Waals surface area contributed by atoms with Gasteiger partial charge in [0.2, 0.25) is 0 Å². The number of hydrogen-bond acceptors (Lipinski definition) is 3. The Morgan fingerprint density at radius 3 is 2.64 bits per heavy atom. The summed E-state index contributed by atoms with van der Waals surface area (Å²) in [6, 6.07) is 0.182. The summed E-state index contributed by atoms with van der Waals surface area (Å²) in [5, 5.41) is 0. The monoisotopic (exact) mass is 197 g/mol. The van der Waals surface area contributed by atoms with Crippen molar-refractivity contribution >= 4 is 12.6 Å². The summed E-state index contributed by atoms with van der Waals surface area (Å²) >= 11 is 0. The van der Waals surface area contributed by atoms with E-state index in [1.165, 1.54) is 0 Å². The first-order chi connectivity index (χ1) is 6.38. The molecule has 1 aliphatic rings. The summed E-state index contributed by atoms with van der Waals surface area (Å²) in [5.74, 6) is -0.0762. The minimum Gasteiger partial charge on any atom is -0.468 e. The first-order valence-electron chi connectivity index (χ1n) is 5.37. The maximum atomic E-state index is 11.7. The molecule has 0 radical (unpaired) electrons. The molecule has 80 valence electrons. The molecule has 1 fully saturated rings. The number of nitrogens with two attached hydrogens (primary N) is 1. The second-order valence-electron chi connectivity index (χ2n) is 5.16. The molecular formula is C10H20BNO2. The number of hydrogen-bond donors (Lipinski definition) is 1. The van der Waals surface area contributed by atoms with Crippen molar-refractivity contribution in [2.75, 3.05) is 0 Å². The lowest BCUT2D eigenvalue weighted by molar-refractivity contribution is 0.0707. The molecule has 0 aliphatic carbocycles. The highest BCUT2D eigenvalue weighted by Gasteiger charge is 2.32. The molecule has 1 atom stereocenters. The predicted octanol–water partition coefficient (Wildman–Crippen LogP) is 2.12. The van der Waals surface area contributed by atoms with Crippen LogP contribution >= 0.6 is 0 Å². The maximum absolute atomic E-state index is 11.7. The van der Waals surface area contributed by atoms with Gasteiger partial charge in [-0.05, 0) is 39.6 Å². The molecule has 14 heavy (non-hydrogen) atoms. The Morgan fingerprint density at radius 2 is 2.14 bits per heavy atom. The summed E-state index contributed by atoms with van der Waals surface area (Å²) in [5.41, 5.74) is 5.44. The first-order valence-corrected chi connectivity index (χ1v) is 5.37. The number of rotatable bonds is 1. The van der Waals surface area contributed by atoms with E-state index >= 15 is 0 Å². The first kappa shape index (κ1) is 11.6. The normalized spacial score (nSPS) is 23.4. The van der Waals surface area contributed by atoms with Crippen molar-refractivity contribution in [3.05, 3.63) is 0 Å². The Balaban J connectivity index is 2.44. The van der Waals surface area contributed by atoms with Crippen LogP contribution in [0.3, 0.4) is 0 Å². The van der Waals surface area contributed by atoms with Gasteiger partial charge in [0.25, 0.3) is 12.6 Å². The van der Waals surface area contributed by atoms with E-state index in [1.54, 1.807) is 0 Å². The molecule has 1 saturated heterocycles. The third-order valence-corrected chi connectivity index (χ3v) is 2.45. The van der Waals surface area contributed by atoms with E-state index < -0.39 is 0 Å². The third kappa shape index (κ3) is 3.70. The van der Waals surface area contributed by atoms with Crippen LogP contribution in [0.25, 0.3) is 0 Å². The van der Waals surface area contributed by atoms with E-state index in [0.717, 1.165) is 25.5 Å². The van der Waals surface area contributed by atoms with Gasteiger partial charge < -0.3 is 10.5 Å². The smallest absolute Gasteiger partial charge is 0.279 e. The van der Waals surface area contributed by atoms with Gasteiger partial charge in [0.1, 0.15) is 5.60 Å². The van der Waals surface area contributed by atoms with Gasteiger partial charge in [-0.15, -0.1) is 0 Å². The quantitative estimate of drug-likeness (QED) is 0.655. The van der Waals surface area contributed by atoms with Crippen LogP contribution in [0.1, 0.15) is 33.6 Å². The molecule has 2 N–H and O–H groups in total. The van der Waals surface area contributed by atoms with E-state index in [1.807, 2.05) is 20.8 Å². The van der Waals surface area contributed by atoms with Gasteiger partial charge in [-0.2, -0.15) is 0 Å². The van der Waals surface area contributed by atoms with Crippen molar-refractivity contribution in [1.29, 1.82) is 0 Å². The Bertz CT molecular complexity index is 213. The summed E-state index contributed by atoms with van der Waals surface area (Å²) in [4.78, 5) is 11.7. The van der Waals surface area contributed by atoms with Gasteiger partial charge in [-0.25, -0.2) is 0 Å². The topological polar surface area (TPSA) is 52.3 Å². The van der Waals surface area contributed by atoms with Crippen LogP contribution in [0.15, 0.2) is 0 Å². The molecule has 0 bridgehead atoms. The summed E-state index contributed by atoms with van der Waals surface area (Å²) in [6.07, 6.45) is 3.81. The molecule has 0 aromatic carbocycles. The highest BCUT2D eigenvalue weighted by Crippen LogP contribution is 2.21. The fraction of sp³-hybridized carbons (Fsp3) is 0.900. The van der Waals surface area contributed by atoms with E-state index in [2.05, 4.69) is 0 Å². The van der Waals surface area contributed by atoms with Crippen LogP contribution in [0.4, 0.5) is 4.79 Å². The van der Waals surface area contributed by atoms with E-state index in [9.17, 15) is 4.79 Å². The van der Waals surface area contributed by atoms with Gasteiger partial charge in [0.05, 0.1) is 0 Å². The predicted molar refractivity (Wildman–Crippen MR) is 58.8 cm³/mol. The van der Waals surface area contributed by atoms with Crippen LogP contribution in [-0.4, -0.2) is 24.2 Å². The second-order valence-corrected chi connectivity index (χ2v) is 5.16. The molecule has 3 nitrogen and oxygen atoms in total. The van der Waals surface area contributed by atoms with Crippen LogP contribution in [0.2, 0.25) is 12.6 Å². The molecular weight excluding hydrogens is 177 g/mol. The fourth-order valence-electron chi connectivity index (χ4n) is 1.83. The lowest BCUT2D eigenvalue weighted by Gasteiger charge is -2.26. The zero-order valence-corrected chi connectivity index (χ0v) is 9.38. The molecule has 1 heterocycles. The van der Waals surface area contributed by atoms with Crippen LogP contribution in [0.5, 0.6) is 0 Å². The molecule has 0 amide bonds. The summed E-state index contributed by atoms with van der Waals surface area (Å²) in [7, 11) is 0. The van der Waals surface area contributed by atoms with Crippen molar-refractivity contribution in [3.8, 4) is 0 Å². The fourth-order valence-corrected chi connectivity index (χ4v) is 1.83. The molecule has 0 aromatic heterocycles. The molecule has 0 aromatic rings.